The smallest absolute Gasteiger partial charge is 0.0440 e. The largest absolute Gasteiger partial charge is 0.377 e. The SMILES string of the molecule is CCc1cccc2c(N(C)C)cccc12. The quantitative estimate of drug-likeness (QED) is 0.716. The summed E-state index contributed by atoms with van der Waals surface area (Å²) >= 11 is 0. The second kappa shape index (κ2) is 3.93. The lowest BCUT2D eigenvalue weighted by Gasteiger charge is -2.16. The van der Waals surface area contributed by atoms with Gasteiger partial charge in [-0.05, 0) is 23.4 Å². The lowest BCUT2D eigenvalue weighted by molar-refractivity contribution is 1.14. The molecular formula is C14H17N. The van der Waals surface area contributed by atoms with Gasteiger partial charge in [-0.3, -0.25) is 0 Å². The highest BCUT2D eigenvalue weighted by molar-refractivity contribution is 5.96. The van der Waals surface area contributed by atoms with Gasteiger partial charge in [0.25, 0.3) is 0 Å². The molecule has 2 rings (SSSR count). The van der Waals surface area contributed by atoms with Gasteiger partial charge in [-0.15, -0.1) is 0 Å². The molecule has 0 N–H and O–H groups in total. The topological polar surface area (TPSA) is 3.24 Å². The predicted molar refractivity (Wildman–Crippen MR) is 67.7 cm³/mol. The molecule has 0 aromatic heterocycles. The molecule has 0 saturated heterocycles. The second-order valence-corrected chi connectivity index (χ2v) is 4.04. The first-order valence-corrected chi connectivity index (χ1v) is 5.42. The van der Waals surface area contributed by atoms with Crippen molar-refractivity contribution in [2.45, 2.75) is 13.3 Å². The van der Waals surface area contributed by atoms with Gasteiger partial charge in [-0.1, -0.05) is 37.3 Å². The van der Waals surface area contributed by atoms with Crippen LogP contribution in [0.3, 0.4) is 0 Å². The fraction of sp³-hybridized carbons (Fsp3) is 0.286. The van der Waals surface area contributed by atoms with E-state index in [2.05, 4.69) is 62.3 Å². The Morgan fingerprint density at radius 1 is 0.933 bits per heavy atom. The van der Waals surface area contributed by atoms with Gasteiger partial charge in [0, 0.05) is 25.2 Å². The van der Waals surface area contributed by atoms with Crippen molar-refractivity contribution in [3.8, 4) is 0 Å². The highest BCUT2D eigenvalue weighted by Crippen LogP contribution is 2.27. The predicted octanol–water partition coefficient (Wildman–Crippen LogP) is 3.47. The lowest BCUT2D eigenvalue weighted by Crippen LogP contribution is -2.08. The van der Waals surface area contributed by atoms with Crippen molar-refractivity contribution in [1.82, 2.24) is 0 Å². The van der Waals surface area contributed by atoms with Gasteiger partial charge in [0.05, 0.1) is 0 Å². The van der Waals surface area contributed by atoms with Gasteiger partial charge in [0.15, 0.2) is 0 Å². The van der Waals surface area contributed by atoms with Gasteiger partial charge in [-0.25, -0.2) is 0 Å². The van der Waals surface area contributed by atoms with E-state index < -0.39 is 0 Å². The van der Waals surface area contributed by atoms with Gasteiger partial charge < -0.3 is 4.90 Å². The summed E-state index contributed by atoms with van der Waals surface area (Å²) in [6, 6.07) is 13.1. The Morgan fingerprint density at radius 2 is 1.60 bits per heavy atom. The third-order valence-electron chi connectivity index (χ3n) is 2.85. The zero-order chi connectivity index (χ0) is 10.8. The number of hydrogen-bond donors (Lipinski definition) is 0. The molecule has 0 spiro atoms. The van der Waals surface area contributed by atoms with Crippen LogP contribution in [0, 0.1) is 0 Å². The Morgan fingerprint density at radius 3 is 2.27 bits per heavy atom. The summed E-state index contributed by atoms with van der Waals surface area (Å²) in [5.41, 5.74) is 2.72. The molecule has 0 fully saturated rings. The molecule has 0 aliphatic heterocycles. The number of hydrogen-bond acceptors (Lipinski definition) is 1. The summed E-state index contributed by atoms with van der Waals surface area (Å²) in [7, 11) is 4.18. The van der Waals surface area contributed by atoms with Crippen molar-refractivity contribution < 1.29 is 0 Å². The van der Waals surface area contributed by atoms with E-state index in [-0.39, 0.29) is 0 Å². The van der Waals surface area contributed by atoms with E-state index in [0.717, 1.165) is 6.42 Å². The van der Waals surface area contributed by atoms with Crippen LogP contribution in [0.4, 0.5) is 5.69 Å². The van der Waals surface area contributed by atoms with Crippen LogP contribution in [-0.4, -0.2) is 14.1 Å². The first kappa shape index (κ1) is 10.0. The van der Waals surface area contributed by atoms with Gasteiger partial charge in [-0.2, -0.15) is 0 Å². The van der Waals surface area contributed by atoms with Gasteiger partial charge in [0.2, 0.25) is 0 Å². The summed E-state index contributed by atoms with van der Waals surface area (Å²) in [6.07, 6.45) is 1.09. The van der Waals surface area contributed by atoms with E-state index >= 15 is 0 Å². The first-order chi connectivity index (χ1) is 7.24. The van der Waals surface area contributed by atoms with Crippen LogP contribution < -0.4 is 4.90 Å². The zero-order valence-corrected chi connectivity index (χ0v) is 9.62. The van der Waals surface area contributed by atoms with Crippen molar-refractivity contribution in [3.63, 3.8) is 0 Å². The van der Waals surface area contributed by atoms with Crippen LogP contribution in [0.15, 0.2) is 36.4 Å². The van der Waals surface area contributed by atoms with Crippen LogP contribution in [-0.2, 0) is 6.42 Å². The molecule has 0 bridgehead atoms. The molecule has 2 aromatic rings. The molecule has 0 amide bonds. The van der Waals surface area contributed by atoms with Crippen molar-refractivity contribution in [2.24, 2.45) is 0 Å². The van der Waals surface area contributed by atoms with E-state index in [0.29, 0.717) is 0 Å². The first-order valence-electron chi connectivity index (χ1n) is 5.42. The highest BCUT2D eigenvalue weighted by atomic mass is 15.1. The Balaban J connectivity index is 2.76. The summed E-state index contributed by atoms with van der Waals surface area (Å²) < 4.78 is 0. The minimum Gasteiger partial charge on any atom is -0.377 e. The highest BCUT2D eigenvalue weighted by Gasteiger charge is 2.04. The Bertz CT molecular complexity index is 472. The third-order valence-corrected chi connectivity index (χ3v) is 2.85. The van der Waals surface area contributed by atoms with Crippen LogP contribution in [0.1, 0.15) is 12.5 Å². The van der Waals surface area contributed by atoms with E-state index in [1.807, 2.05) is 0 Å². The summed E-state index contributed by atoms with van der Waals surface area (Å²) in [4.78, 5) is 2.17. The average molecular weight is 199 g/mol. The molecule has 1 nitrogen and oxygen atoms in total. The molecule has 0 heterocycles. The fourth-order valence-electron chi connectivity index (χ4n) is 2.06. The molecular weight excluding hydrogens is 182 g/mol. The molecule has 0 radical (unpaired) electrons. The van der Waals surface area contributed by atoms with Crippen LogP contribution in [0.25, 0.3) is 10.8 Å². The molecule has 1 heteroatoms. The number of aryl methyl sites for hydroxylation is 1. The second-order valence-electron chi connectivity index (χ2n) is 4.04. The van der Waals surface area contributed by atoms with Crippen LogP contribution in [0.2, 0.25) is 0 Å². The van der Waals surface area contributed by atoms with Crippen molar-refractivity contribution >= 4 is 16.5 Å². The fourth-order valence-corrected chi connectivity index (χ4v) is 2.06. The monoisotopic (exact) mass is 199 g/mol. The molecule has 15 heavy (non-hydrogen) atoms. The Hall–Kier alpha value is -1.50. The molecule has 0 aliphatic carbocycles. The number of rotatable bonds is 2. The normalized spacial score (nSPS) is 10.6. The van der Waals surface area contributed by atoms with Gasteiger partial charge >= 0.3 is 0 Å². The van der Waals surface area contributed by atoms with E-state index in [4.69, 9.17) is 0 Å². The van der Waals surface area contributed by atoms with Crippen LogP contribution in [0.5, 0.6) is 0 Å². The Labute approximate surface area is 91.3 Å². The molecule has 0 atom stereocenters. The van der Waals surface area contributed by atoms with E-state index in [1.165, 1.54) is 22.0 Å². The minimum atomic E-state index is 1.09. The molecule has 0 aliphatic rings. The zero-order valence-electron chi connectivity index (χ0n) is 9.62. The number of anilines is 1. The van der Waals surface area contributed by atoms with Crippen molar-refractivity contribution in [1.29, 1.82) is 0 Å². The lowest BCUT2D eigenvalue weighted by atomic mass is 10.0. The van der Waals surface area contributed by atoms with Crippen molar-refractivity contribution in [2.75, 3.05) is 19.0 Å². The average Bonchev–Trinajstić information content (AvgIpc) is 2.27. The summed E-state index contributed by atoms with van der Waals surface area (Å²) in [5, 5.41) is 2.73. The molecule has 0 unspecified atom stereocenters. The van der Waals surface area contributed by atoms with Crippen molar-refractivity contribution in [3.05, 3.63) is 42.0 Å². The number of nitrogens with zero attached hydrogens (tertiary/aromatic N) is 1. The molecule has 78 valence electrons. The molecule has 2 aromatic carbocycles. The number of benzene rings is 2. The summed E-state index contributed by atoms with van der Waals surface area (Å²) in [6.45, 7) is 2.21. The van der Waals surface area contributed by atoms with Crippen LogP contribution >= 0.6 is 0 Å². The maximum atomic E-state index is 2.21. The number of fused-ring (bicyclic) bond motifs is 1. The Kier molecular flexibility index (Phi) is 2.63. The molecule has 0 saturated carbocycles. The van der Waals surface area contributed by atoms with Gasteiger partial charge in [0.1, 0.15) is 0 Å². The maximum Gasteiger partial charge on any atom is 0.0440 e. The third kappa shape index (κ3) is 1.70. The minimum absolute atomic E-state index is 1.09. The maximum absolute atomic E-state index is 2.21. The standard InChI is InChI=1S/C14H17N/c1-4-11-7-5-9-13-12(11)8-6-10-14(13)15(2)3/h5-10H,4H2,1-3H3. The van der Waals surface area contributed by atoms with E-state index in [9.17, 15) is 0 Å². The van der Waals surface area contributed by atoms with E-state index in [1.54, 1.807) is 0 Å². The summed E-state index contributed by atoms with van der Waals surface area (Å²) in [5.74, 6) is 0.